The first-order chi connectivity index (χ1) is 8.19. The number of carboxylic acids is 1. The van der Waals surface area contributed by atoms with Gasteiger partial charge in [-0.15, -0.1) is 0 Å². The molecule has 0 heterocycles. The third-order valence-electron chi connectivity index (χ3n) is 5.29. The molecule has 0 spiro atoms. The van der Waals surface area contributed by atoms with E-state index in [9.17, 15) is 9.90 Å². The van der Waals surface area contributed by atoms with Crippen molar-refractivity contribution in [3.63, 3.8) is 0 Å². The van der Waals surface area contributed by atoms with Gasteiger partial charge in [-0.3, -0.25) is 4.79 Å². The van der Waals surface area contributed by atoms with Crippen LogP contribution in [0.4, 0.5) is 0 Å². The second-order valence-corrected chi connectivity index (χ2v) is 6.17. The van der Waals surface area contributed by atoms with E-state index < -0.39 is 5.97 Å². The van der Waals surface area contributed by atoms with Gasteiger partial charge in [0.15, 0.2) is 0 Å². The van der Waals surface area contributed by atoms with Crippen LogP contribution in [0.5, 0.6) is 0 Å². The van der Waals surface area contributed by atoms with E-state index in [0.29, 0.717) is 11.8 Å². The molecule has 1 N–H and O–H groups in total. The fourth-order valence-electron chi connectivity index (χ4n) is 4.10. The van der Waals surface area contributed by atoms with E-state index in [1.165, 1.54) is 25.7 Å². The number of hydrogen-bond donors (Lipinski definition) is 1. The van der Waals surface area contributed by atoms with Crippen molar-refractivity contribution in [3.8, 4) is 0 Å². The van der Waals surface area contributed by atoms with Crippen LogP contribution in [0.25, 0.3) is 0 Å². The van der Waals surface area contributed by atoms with Gasteiger partial charge in [-0.2, -0.15) is 0 Å². The Morgan fingerprint density at radius 2 is 1.82 bits per heavy atom. The maximum absolute atomic E-state index is 11.8. The Morgan fingerprint density at radius 1 is 1.18 bits per heavy atom. The van der Waals surface area contributed by atoms with Crippen LogP contribution in [-0.2, 0) is 4.79 Å². The van der Waals surface area contributed by atoms with E-state index in [4.69, 9.17) is 0 Å². The van der Waals surface area contributed by atoms with Gasteiger partial charge in [-0.05, 0) is 43.9 Å². The number of carbonyl (C=O) groups is 1. The minimum Gasteiger partial charge on any atom is -0.481 e. The SMILES string of the molecule is CCC1CCC(C(=O)O)(C2CCCCCC2)C1. The summed E-state index contributed by atoms with van der Waals surface area (Å²) < 4.78 is 0. The van der Waals surface area contributed by atoms with Gasteiger partial charge < -0.3 is 5.11 Å². The molecule has 0 amide bonds. The Bertz CT molecular complexity index is 266. The molecular weight excluding hydrogens is 212 g/mol. The lowest BCUT2D eigenvalue weighted by molar-refractivity contribution is -0.153. The molecule has 2 atom stereocenters. The summed E-state index contributed by atoms with van der Waals surface area (Å²) in [6.45, 7) is 2.20. The fraction of sp³-hybridized carbons (Fsp3) is 0.933. The third-order valence-corrected chi connectivity index (χ3v) is 5.29. The topological polar surface area (TPSA) is 37.3 Å². The highest BCUT2D eigenvalue weighted by Gasteiger charge is 2.49. The maximum Gasteiger partial charge on any atom is 0.309 e. The molecule has 0 aromatic carbocycles. The predicted octanol–water partition coefficient (Wildman–Crippen LogP) is 4.24. The summed E-state index contributed by atoms with van der Waals surface area (Å²) in [7, 11) is 0. The van der Waals surface area contributed by atoms with Gasteiger partial charge in [0, 0.05) is 0 Å². The average molecular weight is 238 g/mol. The van der Waals surface area contributed by atoms with Gasteiger partial charge in [0.25, 0.3) is 0 Å². The Labute approximate surface area is 105 Å². The first kappa shape index (κ1) is 12.9. The van der Waals surface area contributed by atoms with Gasteiger partial charge in [0.2, 0.25) is 0 Å². The second-order valence-electron chi connectivity index (χ2n) is 6.17. The molecule has 0 aromatic heterocycles. The zero-order valence-electron chi connectivity index (χ0n) is 11.1. The second kappa shape index (κ2) is 5.41. The van der Waals surface area contributed by atoms with E-state index in [0.717, 1.165) is 38.5 Å². The molecule has 17 heavy (non-hydrogen) atoms. The number of aliphatic carboxylic acids is 1. The van der Waals surface area contributed by atoms with Gasteiger partial charge in [-0.1, -0.05) is 39.0 Å². The van der Waals surface area contributed by atoms with Crippen LogP contribution in [-0.4, -0.2) is 11.1 Å². The molecule has 2 fully saturated rings. The summed E-state index contributed by atoms with van der Waals surface area (Å²) in [5, 5.41) is 9.72. The van der Waals surface area contributed by atoms with Crippen LogP contribution in [0, 0.1) is 17.3 Å². The molecule has 2 nitrogen and oxygen atoms in total. The number of carboxylic acid groups (broad SMARTS) is 1. The van der Waals surface area contributed by atoms with Gasteiger partial charge >= 0.3 is 5.97 Å². The molecule has 0 saturated heterocycles. The summed E-state index contributed by atoms with van der Waals surface area (Å²) in [5.74, 6) is 0.619. The fourth-order valence-corrected chi connectivity index (χ4v) is 4.10. The Morgan fingerprint density at radius 3 is 2.29 bits per heavy atom. The zero-order valence-corrected chi connectivity index (χ0v) is 11.1. The van der Waals surface area contributed by atoms with Crippen molar-refractivity contribution in [2.45, 2.75) is 71.1 Å². The quantitative estimate of drug-likeness (QED) is 0.747. The third kappa shape index (κ3) is 2.51. The van der Waals surface area contributed by atoms with Crippen LogP contribution in [0.15, 0.2) is 0 Å². The zero-order chi connectivity index (χ0) is 12.3. The average Bonchev–Trinajstić information content (AvgIpc) is 2.58. The van der Waals surface area contributed by atoms with Gasteiger partial charge in [-0.25, -0.2) is 0 Å². The Balaban J connectivity index is 2.13. The molecule has 0 aliphatic heterocycles. The molecule has 0 bridgehead atoms. The smallest absolute Gasteiger partial charge is 0.309 e. The van der Waals surface area contributed by atoms with Crippen molar-refractivity contribution >= 4 is 5.97 Å². The molecule has 98 valence electrons. The van der Waals surface area contributed by atoms with Crippen molar-refractivity contribution in [2.24, 2.45) is 17.3 Å². The van der Waals surface area contributed by atoms with Crippen molar-refractivity contribution in [1.29, 1.82) is 0 Å². The summed E-state index contributed by atoms with van der Waals surface area (Å²) in [6, 6.07) is 0. The summed E-state index contributed by atoms with van der Waals surface area (Å²) in [4.78, 5) is 11.8. The Hall–Kier alpha value is -0.530. The maximum atomic E-state index is 11.8. The summed E-state index contributed by atoms with van der Waals surface area (Å²) >= 11 is 0. The monoisotopic (exact) mass is 238 g/mol. The van der Waals surface area contributed by atoms with Crippen LogP contribution >= 0.6 is 0 Å². The highest BCUT2D eigenvalue weighted by molar-refractivity contribution is 5.75. The predicted molar refractivity (Wildman–Crippen MR) is 68.9 cm³/mol. The number of rotatable bonds is 3. The first-order valence-corrected chi connectivity index (χ1v) is 7.42. The molecule has 0 aromatic rings. The van der Waals surface area contributed by atoms with Crippen LogP contribution in [0.1, 0.15) is 71.1 Å². The van der Waals surface area contributed by atoms with Crippen molar-refractivity contribution in [1.82, 2.24) is 0 Å². The lowest BCUT2D eigenvalue weighted by Gasteiger charge is -2.33. The summed E-state index contributed by atoms with van der Waals surface area (Å²) in [5.41, 5.74) is -0.356. The van der Waals surface area contributed by atoms with Crippen LogP contribution in [0.2, 0.25) is 0 Å². The standard InChI is InChI=1S/C15H26O2/c1-2-12-9-10-15(11-12,14(16)17)13-7-5-3-4-6-8-13/h12-13H,2-11H2,1H3,(H,16,17). The minimum absolute atomic E-state index is 0.356. The molecule has 0 radical (unpaired) electrons. The lowest BCUT2D eigenvalue weighted by Crippen LogP contribution is -2.36. The molecule has 2 aliphatic rings. The Kier molecular flexibility index (Phi) is 4.11. The molecule has 2 unspecified atom stereocenters. The normalized spacial score (nSPS) is 35.7. The largest absolute Gasteiger partial charge is 0.481 e. The highest BCUT2D eigenvalue weighted by Crippen LogP contribution is 2.52. The van der Waals surface area contributed by atoms with Crippen LogP contribution in [0.3, 0.4) is 0 Å². The lowest BCUT2D eigenvalue weighted by atomic mass is 9.70. The van der Waals surface area contributed by atoms with Crippen LogP contribution < -0.4 is 0 Å². The first-order valence-electron chi connectivity index (χ1n) is 7.42. The molecule has 2 rings (SSSR count). The van der Waals surface area contributed by atoms with E-state index >= 15 is 0 Å². The van der Waals surface area contributed by atoms with Crippen molar-refractivity contribution in [2.75, 3.05) is 0 Å². The molecule has 2 aliphatic carbocycles. The van der Waals surface area contributed by atoms with E-state index in [2.05, 4.69) is 6.92 Å². The molecule has 2 heteroatoms. The van der Waals surface area contributed by atoms with Gasteiger partial charge in [0.1, 0.15) is 0 Å². The summed E-state index contributed by atoms with van der Waals surface area (Å²) in [6.07, 6.45) is 11.6. The van der Waals surface area contributed by atoms with Crippen molar-refractivity contribution < 1.29 is 9.90 Å². The van der Waals surface area contributed by atoms with E-state index in [1.54, 1.807) is 0 Å². The van der Waals surface area contributed by atoms with Gasteiger partial charge in [0.05, 0.1) is 5.41 Å². The van der Waals surface area contributed by atoms with E-state index in [1.807, 2.05) is 0 Å². The minimum atomic E-state index is -0.500. The van der Waals surface area contributed by atoms with E-state index in [-0.39, 0.29) is 5.41 Å². The molecular formula is C15H26O2. The highest BCUT2D eigenvalue weighted by atomic mass is 16.4. The number of hydrogen-bond acceptors (Lipinski definition) is 1. The van der Waals surface area contributed by atoms with Crippen molar-refractivity contribution in [3.05, 3.63) is 0 Å². The molecule has 2 saturated carbocycles.